The lowest BCUT2D eigenvalue weighted by molar-refractivity contribution is 0.112. The number of rotatable bonds is 1. The largest absolute Gasteiger partial charge is 0.298 e. The van der Waals surface area contributed by atoms with Crippen LogP contribution in [0.3, 0.4) is 0 Å². The fourth-order valence-corrected chi connectivity index (χ4v) is 5.01. The zero-order valence-electron chi connectivity index (χ0n) is 11.3. The van der Waals surface area contributed by atoms with Gasteiger partial charge in [0.2, 0.25) is 0 Å². The van der Waals surface area contributed by atoms with Gasteiger partial charge in [-0.15, -0.1) is 0 Å². The molecule has 4 unspecified atom stereocenters. The van der Waals surface area contributed by atoms with Crippen LogP contribution in [0.5, 0.6) is 0 Å². The van der Waals surface area contributed by atoms with Crippen molar-refractivity contribution in [2.24, 2.45) is 17.8 Å². The minimum Gasteiger partial charge on any atom is -0.298 e. The second-order valence-corrected chi connectivity index (χ2v) is 6.54. The van der Waals surface area contributed by atoms with Crippen LogP contribution in [0.4, 0.5) is 0 Å². The Balaban J connectivity index is 1.82. The number of fused-ring (bicyclic) bond motifs is 9. The molecular formula is C19H16O. The quantitative estimate of drug-likeness (QED) is 0.557. The lowest BCUT2D eigenvalue weighted by atomic mass is 9.83. The topological polar surface area (TPSA) is 17.1 Å². The summed E-state index contributed by atoms with van der Waals surface area (Å²) in [5.41, 5.74) is 3.85. The molecule has 5 rings (SSSR count). The zero-order chi connectivity index (χ0) is 13.3. The van der Waals surface area contributed by atoms with E-state index < -0.39 is 0 Å². The van der Waals surface area contributed by atoms with E-state index in [4.69, 9.17) is 0 Å². The van der Waals surface area contributed by atoms with Gasteiger partial charge >= 0.3 is 0 Å². The summed E-state index contributed by atoms with van der Waals surface area (Å²) >= 11 is 0. The molecule has 4 atom stereocenters. The highest BCUT2D eigenvalue weighted by Gasteiger charge is 2.49. The Kier molecular flexibility index (Phi) is 1.95. The van der Waals surface area contributed by atoms with Crippen LogP contribution in [0.25, 0.3) is 10.8 Å². The second kappa shape index (κ2) is 3.60. The Morgan fingerprint density at radius 2 is 1.85 bits per heavy atom. The van der Waals surface area contributed by atoms with Gasteiger partial charge in [-0.25, -0.2) is 0 Å². The van der Waals surface area contributed by atoms with Gasteiger partial charge in [0.05, 0.1) is 0 Å². The maximum absolute atomic E-state index is 11.5. The SMILES string of the molecule is O=Cc1cc2c(c3ccccc13)CC1C3C=CC(C3)C21. The van der Waals surface area contributed by atoms with E-state index in [1.165, 1.54) is 29.4 Å². The summed E-state index contributed by atoms with van der Waals surface area (Å²) in [6.45, 7) is 0. The van der Waals surface area contributed by atoms with Gasteiger partial charge in [0.25, 0.3) is 0 Å². The predicted octanol–water partition coefficient (Wildman–Crippen LogP) is 4.11. The number of carbonyl (C=O) groups is 1. The van der Waals surface area contributed by atoms with Crippen LogP contribution < -0.4 is 0 Å². The molecular weight excluding hydrogens is 244 g/mol. The maximum Gasteiger partial charge on any atom is 0.150 e. The van der Waals surface area contributed by atoms with E-state index in [-0.39, 0.29) is 0 Å². The molecule has 1 fully saturated rings. The molecule has 1 nitrogen and oxygen atoms in total. The standard InChI is InChI=1S/C19H16O/c20-10-13-8-18-17(15-4-2-1-3-14(13)15)9-16-11-5-6-12(7-11)19(16)18/h1-6,8,10-12,16,19H,7,9H2. The van der Waals surface area contributed by atoms with Crippen LogP contribution in [0, 0.1) is 17.8 Å². The smallest absolute Gasteiger partial charge is 0.150 e. The summed E-state index contributed by atoms with van der Waals surface area (Å²) in [6.07, 6.45) is 8.40. The number of benzene rings is 2. The average Bonchev–Trinajstić information content (AvgIpc) is 3.18. The Labute approximate surface area is 118 Å². The molecule has 0 radical (unpaired) electrons. The molecule has 1 heteroatoms. The molecule has 0 aliphatic heterocycles. The minimum atomic E-state index is 0.670. The van der Waals surface area contributed by atoms with Crippen LogP contribution in [-0.2, 0) is 6.42 Å². The van der Waals surface area contributed by atoms with Crippen molar-refractivity contribution in [1.29, 1.82) is 0 Å². The van der Waals surface area contributed by atoms with Gasteiger partial charge in [0.1, 0.15) is 0 Å². The van der Waals surface area contributed by atoms with Crippen LogP contribution in [0.15, 0.2) is 42.5 Å². The number of hydrogen-bond donors (Lipinski definition) is 0. The first-order valence-corrected chi connectivity index (χ1v) is 7.55. The molecule has 0 aromatic heterocycles. The van der Waals surface area contributed by atoms with Gasteiger partial charge in [-0.1, -0.05) is 36.4 Å². The Hall–Kier alpha value is -1.89. The highest BCUT2D eigenvalue weighted by atomic mass is 16.1. The molecule has 2 aromatic rings. The molecule has 0 heterocycles. The molecule has 0 amide bonds. The third-order valence-corrected chi connectivity index (χ3v) is 5.77. The number of hydrogen-bond acceptors (Lipinski definition) is 1. The fraction of sp³-hybridized carbons (Fsp3) is 0.316. The van der Waals surface area contributed by atoms with Crippen molar-refractivity contribution < 1.29 is 4.79 Å². The van der Waals surface area contributed by atoms with Crippen molar-refractivity contribution in [3.05, 3.63) is 59.2 Å². The Bertz CT molecular complexity index is 771. The molecule has 20 heavy (non-hydrogen) atoms. The van der Waals surface area contributed by atoms with Crippen molar-refractivity contribution in [2.75, 3.05) is 0 Å². The Morgan fingerprint density at radius 3 is 2.70 bits per heavy atom. The van der Waals surface area contributed by atoms with Crippen molar-refractivity contribution in [2.45, 2.75) is 18.8 Å². The summed E-state index contributed by atoms with van der Waals surface area (Å²) in [5, 5.41) is 2.43. The average molecular weight is 260 g/mol. The molecule has 2 bridgehead atoms. The van der Waals surface area contributed by atoms with Gasteiger partial charge in [0, 0.05) is 5.56 Å². The molecule has 0 spiro atoms. The van der Waals surface area contributed by atoms with Crippen LogP contribution in [0.2, 0.25) is 0 Å². The summed E-state index contributed by atoms with van der Waals surface area (Å²) in [4.78, 5) is 11.5. The lowest BCUT2D eigenvalue weighted by Crippen LogP contribution is -2.12. The van der Waals surface area contributed by atoms with Crippen molar-refractivity contribution in [3.63, 3.8) is 0 Å². The predicted molar refractivity (Wildman–Crippen MR) is 80.0 cm³/mol. The van der Waals surface area contributed by atoms with E-state index in [0.717, 1.165) is 29.1 Å². The number of allylic oxidation sites excluding steroid dienone is 2. The summed E-state index contributed by atoms with van der Waals surface area (Å²) in [7, 11) is 0. The molecule has 3 aliphatic carbocycles. The summed E-state index contributed by atoms with van der Waals surface area (Å²) in [5.74, 6) is 2.94. The first-order chi connectivity index (χ1) is 9.86. The molecule has 2 aromatic carbocycles. The van der Waals surface area contributed by atoms with E-state index in [9.17, 15) is 4.79 Å². The van der Waals surface area contributed by atoms with E-state index in [1.807, 2.05) is 6.07 Å². The van der Waals surface area contributed by atoms with Gasteiger partial charge in [-0.05, 0) is 64.5 Å². The Morgan fingerprint density at radius 1 is 1.05 bits per heavy atom. The third-order valence-electron chi connectivity index (χ3n) is 5.77. The highest BCUT2D eigenvalue weighted by molar-refractivity contribution is 6.00. The molecule has 1 saturated carbocycles. The van der Waals surface area contributed by atoms with E-state index in [2.05, 4.69) is 36.4 Å². The maximum atomic E-state index is 11.5. The normalized spacial score (nSPS) is 32.6. The van der Waals surface area contributed by atoms with Crippen LogP contribution in [0.1, 0.15) is 33.8 Å². The monoisotopic (exact) mass is 260 g/mol. The third kappa shape index (κ3) is 1.17. The van der Waals surface area contributed by atoms with Gasteiger partial charge in [-0.3, -0.25) is 4.79 Å². The second-order valence-electron chi connectivity index (χ2n) is 6.54. The van der Waals surface area contributed by atoms with E-state index >= 15 is 0 Å². The summed E-state index contributed by atoms with van der Waals surface area (Å²) < 4.78 is 0. The zero-order valence-corrected chi connectivity index (χ0v) is 11.3. The van der Waals surface area contributed by atoms with Gasteiger partial charge in [-0.2, -0.15) is 0 Å². The highest BCUT2D eigenvalue weighted by Crippen LogP contribution is 2.59. The van der Waals surface area contributed by atoms with Crippen molar-refractivity contribution >= 4 is 17.1 Å². The minimum absolute atomic E-state index is 0.670. The summed E-state index contributed by atoms with van der Waals surface area (Å²) in [6, 6.07) is 10.6. The number of aldehydes is 1. The fourth-order valence-electron chi connectivity index (χ4n) is 5.01. The molecule has 98 valence electrons. The van der Waals surface area contributed by atoms with Crippen LogP contribution >= 0.6 is 0 Å². The molecule has 3 aliphatic rings. The van der Waals surface area contributed by atoms with Crippen LogP contribution in [-0.4, -0.2) is 6.29 Å². The number of carbonyl (C=O) groups excluding carboxylic acids is 1. The lowest BCUT2D eigenvalue weighted by Gasteiger charge is -2.21. The van der Waals surface area contributed by atoms with Crippen molar-refractivity contribution in [3.8, 4) is 0 Å². The first-order valence-electron chi connectivity index (χ1n) is 7.55. The van der Waals surface area contributed by atoms with Gasteiger partial charge in [0.15, 0.2) is 6.29 Å². The van der Waals surface area contributed by atoms with E-state index in [1.54, 1.807) is 0 Å². The van der Waals surface area contributed by atoms with Crippen molar-refractivity contribution in [1.82, 2.24) is 0 Å². The molecule has 0 N–H and O–H groups in total. The first kappa shape index (κ1) is 10.8. The van der Waals surface area contributed by atoms with E-state index in [0.29, 0.717) is 11.8 Å². The molecule has 0 saturated heterocycles. The van der Waals surface area contributed by atoms with Gasteiger partial charge < -0.3 is 0 Å².